The smallest absolute Gasteiger partial charge is 0.329 e. The fourth-order valence-electron chi connectivity index (χ4n) is 3.56. The highest BCUT2D eigenvalue weighted by atomic mass is 35.5. The van der Waals surface area contributed by atoms with Crippen molar-refractivity contribution in [2.45, 2.75) is 6.61 Å². The first-order valence-corrected chi connectivity index (χ1v) is 10.3. The second kappa shape index (κ2) is 9.16. The van der Waals surface area contributed by atoms with Crippen molar-refractivity contribution in [3.8, 4) is 11.5 Å². The molecule has 3 amide bonds. The molecule has 0 unspecified atom stereocenters. The van der Waals surface area contributed by atoms with Crippen molar-refractivity contribution in [2.24, 2.45) is 0 Å². The Hall–Kier alpha value is -3.77. The number of nitrogens with one attached hydrogen (secondary N) is 1. The van der Waals surface area contributed by atoms with Crippen LogP contribution in [-0.2, 0) is 11.4 Å². The molecule has 162 valence electrons. The SMILES string of the molecule is C=CCN1C(=O)N/C(=C/c2cc(Cl)c(OCc3cccc4ccccc34)c(OC)c2)C1=O. The Balaban J connectivity index is 1.60. The zero-order valence-corrected chi connectivity index (χ0v) is 18.2. The molecule has 6 nitrogen and oxygen atoms in total. The molecular weight excluding hydrogens is 428 g/mol. The molecule has 1 N–H and O–H groups in total. The summed E-state index contributed by atoms with van der Waals surface area (Å²) in [5, 5.41) is 5.12. The third kappa shape index (κ3) is 4.18. The second-order valence-corrected chi connectivity index (χ2v) is 7.56. The van der Waals surface area contributed by atoms with Crippen LogP contribution < -0.4 is 14.8 Å². The predicted molar refractivity (Wildman–Crippen MR) is 125 cm³/mol. The van der Waals surface area contributed by atoms with Crippen LogP contribution in [0, 0.1) is 0 Å². The minimum absolute atomic E-state index is 0.132. The van der Waals surface area contributed by atoms with Gasteiger partial charge in [-0.2, -0.15) is 0 Å². The first-order valence-electron chi connectivity index (χ1n) is 9.94. The van der Waals surface area contributed by atoms with Gasteiger partial charge in [0.15, 0.2) is 11.5 Å². The molecule has 1 fully saturated rings. The predicted octanol–water partition coefficient (Wildman–Crippen LogP) is 5.16. The second-order valence-electron chi connectivity index (χ2n) is 7.15. The Morgan fingerprint density at radius 3 is 2.69 bits per heavy atom. The Morgan fingerprint density at radius 2 is 1.91 bits per heavy atom. The maximum absolute atomic E-state index is 12.4. The van der Waals surface area contributed by atoms with Gasteiger partial charge >= 0.3 is 6.03 Å². The zero-order valence-electron chi connectivity index (χ0n) is 17.4. The first-order chi connectivity index (χ1) is 15.5. The molecule has 1 aliphatic rings. The van der Waals surface area contributed by atoms with Crippen molar-refractivity contribution < 1.29 is 19.1 Å². The summed E-state index contributed by atoms with van der Waals surface area (Å²) in [5.74, 6) is 0.393. The van der Waals surface area contributed by atoms with E-state index >= 15 is 0 Å². The van der Waals surface area contributed by atoms with E-state index in [1.54, 1.807) is 18.2 Å². The zero-order chi connectivity index (χ0) is 22.7. The van der Waals surface area contributed by atoms with Gasteiger partial charge in [0.1, 0.15) is 12.3 Å². The number of imide groups is 1. The largest absolute Gasteiger partial charge is 0.493 e. The van der Waals surface area contributed by atoms with Crippen LogP contribution in [0.1, 0.15) is 11.1 Å². The molecule has 3 aromatic rings. The summed E-state index contributed by atoms with van der Waals surface area (Å²) in [6.07, 6.45) is 3.04. The van der Waals surface area contributed by atoms with Gasteiger partial charge in [0.2, 0.25) is 0 Å². The molecule has 0 aliphatic carbocycles. The maximum Gasteiger partial charge on any atom is 0.329 e. The van der Waals surface area contributed by atoms with Crippen LogP contribution in [0.2, 0.25) is 5.02 Å². The highest BCUT2D eigenvalue weighted by Gasteiger charge is 2.32. The molecule has 0 aromatic heterocycles. The topological polar surface area (TPSA) is 67.9 Å². The average Bonchev–Trinajstić information content (AvgIpc) is 3.05. The lowest BCUT2D eigenvalue weighted by Crippen LogP contribution is -2.30. The fraction of sp³-hybridized carbons (Fsp3) is 0.120. The van der Waals surface area contributed by atoms with E-state index in [0.29, 0.717) is 28.7 Å². The molecular formula is C25H21ClN2O4. The molecule has 0 atom stereocenters. The number of ether oxygens (including phenoxy) is 2. The Morgan fingerprint density at radius 1 is 1.12 bits per heavy atom. The van der Waals surface area contributed by atoms with Gasteiger partial charge in [0, 0.05) is 6.54 Å². The summed E-state index contributed by atoms with van der Waals surface area (Å²) in [6.45, 7) is 4.00. The third-order valence-corrected chi connectivity index (χ3v) is 5.37. The number of halogens is 1. The van der Waals surface area contributed by atoms with E-state index in [4.69, 9.17) is 21.1 Å². The molecule has 7 heteroatoms. The third-order valence-electron chi connectivity index (χ3n) is 5.09. The van der Waals surface area contributed by atoms with Crippen LogP contribution >= 0.6 is 11.6 Å². The maximum atomic E-state index is 12.4. The number of amides is 3. The fourth-order valence-corrected chi connectivity index (χ4v) is 3.84. The lowest BCUT2D eigenvalue weighted by molar-refractivity contribution is -0.122. The summed E-state index contributed by atoms with van der Waals surface area (Å²) in [4.78, 5) is 25.5. The van der Waals surface area contributed by atoms with Crippen LogP contribution in [0.3, 0.4) is 0 Å². The molecule has 0 bridgehead atoms. The van der Waals surface area contributed by atoms with E-state index in [1.165, 1.54) is 13.2 Å². The number of urea groups is 1. The van der Waals surface area contributed by atoms with Crippen LogP contribution in [0.15, 0.2) is 72.9 Å². The van der Waals surface area contributed by atoms with Crippen LogP contribution in [-0.4, -0.2) is 30.5 Å². The minimum atomic E-state index is -0.491. The van der Waals surface area contributed by atoms with Gasteiger partial charge in [-0.05, 0) is 40.1 Å². The van der Waals surface area contributed by atoms with Gasteiger partial charge < -0.3 is 14.8 Å². The molecule has 0 saturated carbocycles. The van der Waals surface area contributed by atoms with Gasteiger partial charge in [0.25, 0.3) is 5.91 Å². The number of carbonyl (C=O) groups is 2. The molecule has 4 rings (SSSR count). The van der Waals surface area contributed by atoms with E-state index in [9.17, 15) is 9.59 Å². The van der Waals surface area contributed by atoms with Crippen LogP contribution in [0.5, 0.6) is 11.5 Å². The van der Waals surface area contributed by atoms with E-state index in [2.05, 4.69) is 11.9 Å². The van der Waals surface area contributed by atoms with Crippen molar-refractivity contribution in [1.29, 1.82) is 0 Å². The lowest BCUT2D eigenvalue weighted by Gasteiger charge is -2.14. The number of benzene rings is 3. The monoisotopic (exact) mass is 448 g/mol. The Kier molecular flexibility index (Phi) is 6.14. The standard InChI is InChI=1S/C25H21ClN2O4/c1-3-11-28-24(29)21(27-25(28)30)13-16-12-20(26)23(22(14-16)31-2)32-15-18-9-6-8-17-7-4-5-10-19(17)18/h3-10,12-14H,1,11,15H2,2H3,(H,27,30)/b21-13+. The van der Waals surface area contributed by atoms with Crippen molar-refractivity contribution in [3.05, 3.63) is 89.1 Å². The van der Waals surface area contributed by atoms with Gasteiger partial charge in [-0.1, -0.05) is 60.1 Å². The van der Waals surface area contributed by atoms with E-state index in [1.807, 2.05) is 42.5 Å². The van der Waals surface area contributed by atoms with Crippen molar-refractivity contribution in [1.82, 2.24) is 10.2 Å². The Bertz CT molecular complexity index is 1250. The van der Waals surface area contributed by atoms with Gasteiger partial charge in [-0.15, -0.1) is 6.58 Å². The van der Waals surface area contributed by atoms with Gasteiger partial charge in [0.05, 0.1) is 12.1 Å². The average molecular weight is 449 g/mol. The number of rotatable bonds is 7. The number of methoxy groups -OCH3 is 1. The quantitative estimate of drug-likeness (QED) is 0.308. The van der Waals surface area contributed by atoms with Crippen LogP contribution in [0.4, 0.5) is 4.79 Å². The first kappa shape index (κ1) is 21.5. The summed E-state index contributed by atoms with van der Waals surface area (Å²) in [7, 11) is 1.52. The molecule has 1 heterocycles. The summed E-state index contributed by atoms with van der Waals surface area (Å²) in [6, 6.07) is 17.0. The number of carbonyl (C=O) groups excluding carboxylic acids is 2. The summed E-state index contributed by atoms with van der Waals surface area (Å²) in [5.41, 5.74) is 1.77. The molecule has 3 aromatic carbocycles. The molecule has 32 heavy (non-hydrogen) atoms. The summed E-state index contributed by atoms with van der Waals surface area (Å²) >= 11 is 6.50. The number of nitrogens with zero attached hydrogens (tertiary/aromatic N) is 1. The molecule has 1 saturated heterocycles. The molecule has 0 radical (unpaired) electrons. The summed E-state index contributed by atoms with van der Waals surface area (Å²) < 4.78 is 11.5. The van der Waals surface area contributed by atoms with Gasteiger partial charge in [-0.3, -0.25) is 9.69 Å². The normalized spacial score (nSPS) is 14.7. The molecule has 0 spiro atoms. The van der Waals surface area contributed by atoms with Crippen molar-refractivity contribution >= 4 is 40.4 Å². The van der Waals surface area contributed by atoms with E-state index in [-0.39, 0.29) is 12.2 Å². The lowest BCUT2D eigenvalue weighted by atomic mass is 10.1. The number of hydrogen-bond acceptors (Lipinski definition) is 4. The Labute approximate surface area is 190 Å². The highest BCUT2D eigenvalue weighted by Crippen LogP contribution is 2.38. The van der Waals surface area contributed by atoms with E-state index in [0.717, 1.165) is 21.2 Å². The number of fused-ring (bicyclic) bond motifs is 1. The van der Waals surface area contributed by atoms with Crippen molar-refractivity contribution in [2.75, 3.05) is 13.7 Å². The number of hydrogen-bond donors (Lipinski definition) is 1. The van der Waals surface area contributed by atoms with Crippen molar-refractivity contribution in [3.63, 3.8) is 0 Å². The van der Waals surface area contributed by atoms with Gasteiger partial charge in [-0.25, -0.2) is 4.79 Å². The highest BCUT2D eigenvalue weighted by molar-refractivity contribution is 6.32. The molecule has 1 aliphatic heterocycles. The van der Waals surface area contributed by atoms with Crippen LogP contribution in [0.25, 0.3) is 16.8 Å². The van der Waals surface area contributed by atoms with E-state index < -0.39 is 11.9 Å². The minimum Gasteiger partial charge on any atom is -0.493 e.